The first-order valence-electron chi connectivity index (χ1n) is 12.2. The molecule has 5 rings (SSSR count). The average molecular weight is 449 g/mol. The van der Waals surface area contributed by atoms with Crippen LogP contribution < -0.4 is 9.47 Å². The number of likely N-dealkylation sites (N-methyl/N-ethyl adjacent to an activating group) is 1. The zero-order valence-corrected chi connectivity index (χ0v) is 19.2. The van der Waals surface area contributed by atoms with Crippen LogP contribution in [0, 0.1) is 5.92 Å². The lowest BCUT2D eigenvalue weighted by Crippen LogP contribution is -2.50. The lowest BCUT2D eigenvalue weighted by atomic mass is 9.84. The third-order valence-corrected chi connectivity index (χ3v) is 7.33. The van der Waals surface area contributed by atoms with Crippen molar-refractivity contribution in [1.82, 2.24) is 9.80 Å². The Bertz CT molecular complexity index is 1010. The van der Waals surface area contributed by atoms with Crippen LogP contribution in [0.4, 0.5) is 0 Å². The van der Waals surface area contributed by atoms with Crippen LogP contribution in [0.5, 0.6) is 11.5 Å². The van der Waals surface area contributed by atoms with E-state index in [9.17, 15) is 9.59 Å². The van der Waals surface area contributed by atoms with Crippen molar-refractivity contribution in [1.29, 1.82) is 0 Å². The number of carbonyl (C=O) groups excluding carboxylic acids is 2. The van der Waals surface area contributed by atoms with Gasteiger partial charge < -0.3 is 19.3 Å². The average Bonchev–Trinajstić information content (AvgIpc) is 3.26. The molecule has 2 aromatic carbocycles. The molecule has 0 N–H and O–H groups in total. The summed E-state index contributed by atoms with van der Waals surface area (Å²) in [5.41, 5.74) is 1.60. The number of hydrogen-bond acceptors (Lipinski definition) is 4. The van der Waals surface area contributed by atoms with Gasteiger partial charge in [0, 0.05) is 30.3 Å². The van der Waals surface area contributed by atoms with Crippen LogP contribution >= 0.6 is 0 Å². The van der Waals surface area contributed by atoms with Gasteiger partial charge in [-0.15, -0.1) is 0 Å². The van der Waals surface area contributed by atoms with E-state index in [1.165, 1.54) is 6.42 Å². The number of hydrogen-bond donors (Lipinski definition) is 0. The Labute approximate surface area is 195 Å². The monoisotopic (exact) mass is 448 g/mol. The summed E-state index contributed by atoms with van der Waals surface area (Å²) in [4.78, 5) is 31.3. The predicted molar refractivity (Wildman–Crippen MR) is 125 cm³/mol. The number of nitrogens with zero attached hydrogens (tertiary/aromatic N) is 2. The van der Waals surface area contributed by atoms with Gasteiger partial charge in [0.15, 0.2) is 11.5 Å². The molecule has 3 aliphatic rings. The van der Waals surface area contributed by atoms with Gasteiger partial charge in [-0.2, -0.15) is 0 Å². The van der Waals surface area contributed by atoms with E-state index in [-0.39, 0.29) is 17.9 Å². The fourth-order valence-electron chi connectivity index (χ4n) is 5.72. The number of ether oxygens (including phenoxy) is 2. The molecular weight excluding hydrogens is 416 g/mol. The van der Waals surface area contributed by atoms with E-state index in [4.69, 9.17) is 9.47 Å². The highest BCUT2D eigenvalue weighted by Crippen LogP contribution is 2.41. The summed E-state index contributed by atoms with van der Waals surface area (Å²) in [5.74, 6) is 1.88. The quantitative estimate of drug-likeness (QED) is 0.685. The number of amides is 2. The van der Waals surface area contributed by atoms with Crippen LogP contribution in [0.1, 0.15) is 54.9 Å². The first kappa shape index (κ1) is 21.8. The summed E-state index contributed by atoms with van der Waals surface area (Å²) >= 11 is 0. The first-order chi connectivity index (χ1) is 16.2. The fourth-order valence-corrected chi connectivity index (χ4v) is 5.72. The van der Waals surface area contributed by atoms with E-state index in [1.54, 1.807) is 0 Å². The molecular formula is C27H32N2O4. The minimum Gasteiger partial charge on any atom is -0.486 e. The van der Waals surface area contributed by atoms with Crippen LogP contribution in [0.25, 0.3) is 0 Å². The molecule has 174 valence electrons. The van der Waals surface area contributed by atoms with Gasteiger partial charge in [-0.3, -0.25) is 9.59 Å². The number of benzene rings is 2. The molecule has 3 atom stereocenters. The Balaban J connectivity index is 1.42. The second kappa shape index (κ2) is 9.46. The van der Waals surface area contributed by atoms with E-state index in [0.717, 1.165) is 42.7 Å². The third kappa shape index (κ3) is 4.19. The van der Waals surface area contributed by atoms with Gasteiger partial charge in [-0.1, -0.05) is 43.2 Å². The van der Waals surface area contributed by atoms with Crippen LogP contribution in [-0.2, 0) is 11.3 Å². The van der Waals surface area contributed by atoms with Crippen molar-refractivity contribution in [2.75, 3.05) is 19.8 Å². The van der Waals surface area contributed by atoms with Gasteiger partial charge in [0.1, 0.15) is 19.3 Å². The molecule has 2 heterocycles. The Morgan fingerprint density at radius 1 is 1.00 bits per heavy atom. The van der Waals surface area contributed by atoms with Crippen molar-refractivity contribution in [2.45, 2.75) is 57.7 Å². The smallest absolute Gasteiger partial charge is 0.254 e. The van der Waals surface area contributed by atoms with Crippen molar-refractivity contribution in [3.63, 3.8) is 0 Å². The molecule has 2 aliphatic heterocycles. The fraction of sp³-hybridized carbons (Fsp3) is 0.481. The van der Waals surface area contributed by atoms with Gasteiger partial charge in [0.05, 0.1) is 0 Å². The van der Waals surface area contributed by atoms with Crippen molar-refractivity contribution >= 4 is 11.8 Å². The highest BCUT2D eigenvalue weighted by Gasteiger charge is 2.48. The molecule has 6 nitrogen and oxygen atoms in total. The Kier molecular flexibility index (Phi) is 6.25. The van der Waals surface area contributed by atoms with Crippen molar-refractivity contribution in [2.24, 2.45) is 5.92 Å². The predicted octanol–water partition coefficient (Wildman–Crippen LogP) is 4.28. The minimum atomic E-state index is -0.414. The maximum absolute atomic E-state index is 13.9. The van der Waals surface area contributed by atoms with Crippen LogP contribution in [-0.4, -0.2) is 53.5 Å². The molecule has 1 aliphatic carbocycles. The molecule has 3 unspecified atom stereocenters. The van der Waals surface area contributed by atoms with Crippen LogP contribution in [0.2, 0.25) is 0 Å². The zero-order valence-electron chi connectivity index (χ0n) is 19.2. The molecule has 0 radical (unpaired) electrons. The van der Waals surface area contributed by atoms with Crippen molar-refractivity contribution in [3.8, 4) is 11.5 Å². The highest BCUT2D eigenvalue weighted by molar-refractivity contribution is 5.98. The molecule has 1 saturated heterocycles. The second-order valence-corrected chi connectivity index (χ2v) is 9.24. The molecule has 2 amide bonds. The van der Waals surface area contributed by atoms with Gasteiger partial charge in [0.25, 0.3) is 5.91 Å². The molecule has 0 bridgehead atoms. The summed E-state index contributed by atoms with van der Waals surface area (Å²) in [6, 6.07) is 15.0. The number of para-hydroxylation sites is 1. The minimum absolute atomic E-state index is 0.0202. The van der Waals surface area contributed by atoms with Crippen molar-refractivity contribution in [3.05, 3.63) is 59.7 Å². The van der Waals surface area contributed by atoms with E-state index in [0.29, 0.717) is 37.8 Å². The summed E-state index contributed by atoms with van der Waals surface area (Å²) in [5, 5.41) is 0. The Morgan fingerprint density at radius 3 is 2.61 bits per heavy atom. The Hall–Kier alpha value is -3.02. The normalized spacial score (nSPS) is 23.7. The van der Waals surface area contributed by atoms with Gasteiger partial charge in [-0.25, -0.2) is 0 Å². The lowest BCUT2D eigenvalue weighted by molar-refractivity contribution is -0.136. The standard InChI is InChI=1S/C27H32N2O4/c1-2-28(18-21-12-8-14-24-25(21)33-16-15-32-24)27(31)23-17-20-11-6-7-13-22(20)29(23)26(30)19-9-4-3-5-10-19/h3-5,8-10,12,14,20,22-23H,2,6-7,11,13,15-18H2,1H3. The van der Waals surface area contributed by atoms with E-state index in [1.807, 2.05) is 65.3 Å². The molecule has 2 fully saturated rings. The van der Waals surface area contributed by atoms with E-state index < -0.39 is 6.04 Å². The first-order valence-corrected chi connectivity index (χ1v) is 12.2. The summed E-state index contributed by atoms with van der Waals surface area (Å²) in [7, 11) is 0. The SMILES string of the molecule is CCN(Cc1cccc2c1OCCO2)C(=O)C1CC2CCCCC2N1C(=O)c1ccccc1. The highest BCUT2D eigenvalue weighted by atomic mass is 16.6. The lowest BCUT2D eigenvalue weighted by Gasteiger charge is -2.35. The largest absolute Gasteiger partial charge is 0.486 e. The topological polar surface area (TPSA) is 59.1 Å². The van der Waals surface area contributed by atoms with Crippen LogP contribution in [0.3, 0.4) is 0 Å². The molecule has 0 spiro atoms. The summed E-state index contributed by atoms with van der Waals surface area (Å²) in [6.45, 7) is 4.06. The second-order valence-electron chi connectivity index (χ2n) is 9.24. The molecule has 1 saturated carbocycles. The van der Waals surface area contributed by atoms with Gasteiger partial charge in [-0.05, 0) is 50.3 Å². The number of rotatable bonds is 5. The van der Waals surface area contributed by atoms with Gasteiger partial charge >= 0.3 is 0 Å². The summed E-state index contributed by atoms with van der Waals surface area (Å²) < 4.78 is 11.6. The molecule has 6 heteroatoms. The maximum Gasteiger partial charge on any atom is 0.254 e. The Morgan fingerprint density at radius 2 is 1.79 bits per heavy atom. The van der Waals surface area contributed by atoms with E-state index >= 15 is 0 Å². The van der Waals surface area contributed by atoms with Gasteiger partial charge in [0.2, 0.25) is 5.91 Å². The molecule has 2 aromatic rings. The number of fused-ring (bicyclic) bond motifs is 2. The summed E-state index contributed by atoms with van der Waals surface area (Å²) in [6.07, 6.45) is 5.13. The third-order valence-electron chi connectivity index (χ3n) is 7.33. The maximum atomic E-state index is 13.9. The number of carbonyl (C=O) groups is 2. The molecule has 0 aromatic heterocycles. The van der Waals surface area contributed by atoms with Crippen LogP contribution in [0.15, 0.2) is 48.5 Å². The zero-order chi connectivity index (χ0) is 22.8. The van der Waals surface area contributed by atoms with Crippen molar-refractivity contribution < 1.29 is 19.1 Å². The molecule has 33 heavy (non-hydrogen) atoms. The van der Waals surface area contributed by atoms with E-state index in [2.05, 4.69) is 0 Å². The number of likely N-dealkylation sites (tertiary alicyclic amines) is 1.